The smallest absolute Gasteiger partial charge is 0.123 e. The van der Waals surface area contributed by atoms with E-state index in [2.05, 4.69) is 30.0 Å². The second-order valence-electron chi connectivity index (χ2n) is 5.07. The molecule has 0 fully saturated rings. The molecule has 2 atom stereocenters. The number of rotatable bonds is 4. The zero-order valence-corrected chi connectivity index (χ0v) is 12.0. The number of nitrogens with zero attached hydrogens (tertiary/aromatic N) is 1. The van der Waals surface area contributed by atoms with Gasteiger partial charge in [0.05, 0.1) is 11.0 Å². The number of ether oxygens (including phenoxy) is 1. The molecule has 3 nitrogen and oxygen atoms in total. The van der Waals surface area contributed by atoms with Gasteiger partial charge in [0.25, 0.3) is 0 Å². The maximum absolute atomic E-state index is 5.94. The number of aryl methyl sites for hydroxylation is 1. The van der Waals surface area contributed by atoms with Crippen molar-refractivity contribution in [3.05, 3.63) is 29.3 Å². The van der Waals surface area contributed by atoms with Gasteiger partial charge in [-0.2, -0.15) is 0 Å². The second kappa shape index (κ2) is 5.24. The first-order valence-corrected chi connectivity index (χ1v) is 6.64. The quantitative estimate of drug-likeness (QED) is 0.843. The van der Waals surface area contributed by atoms with Crippen LogP contribution in [0.3, 0.4) is 0 Å². The van der Waals surface area contributed by atoms with E-state index in [-0.39, 0.29) is 12.1 Å². The highest BCUT2D eigenvalue weighted by atomic mass is 32.1. The van der Waals surface area contributed by atoms with Crippen LogP contribution in [-0.4, -0.2) is 35.6 Å². The molecule has 0 saturated carbocycles. The van der Waals surface area contributed by atoms with Crippen LogP contribution in [-0.2, 0) is 6.42 Å². The third-order valence-corrected chi connectivity index (χ3v) is 3.86. The normalized spacial score (nSPS) is 19.4. The van der Waals surface area contributed by atoms with Crippen LogP contribution in [0.1, 0.15) is 18.1 Å². The maximum Gasteiger partial charge on any atom is 0.123 e. The molecule has 2 unspecified atom stereocenters. The highest BCUT2D eigenvalue weighted by Crippen LogP contribution is 2.29. The highest BCUT2D eigenvalue weighted by Gasteiger charge is 2.25. The number of likely N-dealkylation sites (N-methyl/N-ethyl adjacent to an activating group) is 1. The number of benzene rings is 1. The fourth-order valence-electron chi connectivity index (χ4n) is 2.25. The predicted molar refractivity (Wildman–Crippen MR) is 78.2 cm³/mol. The number of hydrogen-bond donors (Lipinski definition) is 1. The third-order valence-electron chi connectivity index (χ3n) is 3.52. The average Bonchev–Trinajstić information content (AvgIpc) is 2.68. The molecule has 1 aromatic rings. The van der Waals surface area contributed by atoms with Crippen LogP contribution in [0.4, 0.5) is 0 Å². The first-order valence-electron chi connectivity index (χ1n) is 6.23. The molecule has 0 aromatic heterocycles. The SMILES string of the molecule is Cc1ccc2c(c1)CC(CN(C)C(C)C(N)=S)O2. The third kappa shape index (κ3) is 2.82. The molecule has 1 heterocycles. The summed E-state index contributed by atoms with van der Waals surface area (Å²) < 4.78 is 5.94. The molecule has 98 valence electrons. The van der Waals surface area contributed by atoms with E-state index >= 15 is 0 Å². The summed E-state index contributed by atoms with van der Waals surface area (Å²) >= 11 is 5.02. The molecular weight excluding hydrogens is 244 g/mol. The maximum atomic E-state index is 5.94. The molecule has 2 N–H and O–H groups in total. The lowest BCUT2D eigenvalue weighted by Gasteiger charge is -2.26. The molecule has 0 bridgehead atoms. The van der Waals surface area contributed by atoms with Crippen LogP contribution in [0.5, 0.6) is 5.75 Å². The monoisotopic (exact) mass is 264 g/mol. The Morgan fingerprint density at radius 3 is 3.00 bits per heavy atom. The first-order chi connectivity index (χ1) is 8.47. The van der Waals surface area contributed by atoms with Crippen molar-refractivity contribution in [1.29, 1.82) is 0 Å². The number of hydrogen-bond acceptors (Lipinski definition) is 3. The second-order valence-corrected chi connectivity index (χ2v) is 5.54. The molecule has 1 aliphatic heterocycles. The molecule has 0 aliphatic carbocycles. The van der Waals surface area contributed by atoms with E-state index in [1.807, 2.05) is 14.0 Å². The van der Waals surface area contributed by atoms with E-state index in [0.29, 0.717) is 4.99 Å². The number of thiocarbonyl (C=S) groups is 1. The summed E-state index contributed by atoms with van der Waals surface area (Å²) in [6, 6.07) is 6.45. The van der Waals surface area contributed by atoms with Gasteiger partial charge in [-0.25, -0.2) is 0 Å². The van der Waals surface area contributed by atoms with Gasteiger partial charge in [0, 0.05) is 13.0 Å². The van der Waals surface area contributed by atoms with E-state index < -0.39 is 0 Å². The van der Waals surface area contributed by atoms with Crippen molar-refractivity contribution in [1.82, 2.24) is 4.90 Å². The Morgan fingerprint density at radius 2 is 2.33 bits per heavy atom. The lowest BCUT2D eigenvalue weighted by Crippen LogP contribution is -2.43. The highest BCUT2D eigenvalue weighted by molar-refractivity contribution is 7.80. The van der Waals surface area contributed by atoms with Gasteiger partial charge < -0.3 is 10.5 Å². The Morgan fingerprint density at radius 1 is 1.61 bits per heavy atom. The first kappa shape index (κ1) is 13.3. The average molecular weight is 264 g/mol. The Kier molecular flexibility index (Phi) is 3.88. The zero-order valence-electron chi connectivity index (χ0n) is 11.1. The molecule has 0 spiro atoms. The lowest BCUT2D eigenvalue weighted by molar-refractivity contribution is 0.161. The minimum Gasteiger partial charge on any atom is -0.488 e. The molecule has 0 saturated heterocycles. The van der Waals surface area contributed by atoms with Gasteiger partial charge in [-0.3, -0.25) is 4.90 Å². The van der Waals surface area contributed by atoms with E-state index in [4.69, 9.17) is 22.7 Å². The van der Waals surface area contributed by atoms with Gasteiger partial charge in [-0.1, -0.05) is 29.9 Å². The van der Waals surface area contributed by atoms with Crippen LogP contribution < -0.4 is 10.5 Å². The number of fused-ring (bicyclic) bond motifs is 1. The Balaban J connectivity index is 1.97. The van der Waals surface area contributed by atoms with Gasteiger partial charge in [0.2, 0.25) is 0 Å². The molecule has 0 amide bonds. The molecule has 18 heavy (non-hydrogen) atoms. The van der Waals surface area contributed by atoms with Crippen molar-refractivity contribution in [3.63, 3.8) is 0 Å². The molecule has 1 aliphatic rings. The summed E-state index contributed by atoms with van der Waals surface area (Å²) in [4.78, 5) is 2.68. The van der Waals surface area contributed by atoms with Crippen molar-refractivity contribution in [2.45, 2.75) is 32.4 Å². The summed E-state index contributed by atoms with van der Waals surface area (Å²) in [6.07, 6.45) is 1.16. The Hall–Kier alpha value is -1.13. The topological polar surface area (TPSA) is 38.5 Å². The van der Waals surface area contributed by atoms with Crippen molar-refractivity contribution >= 4 is 17.2 Å². The fourth-order valence-corrected chi connectivity index (χ4v) is 2.43. The van der Waals surface area contributed by atoms with Gasteiger partial charge in [-0.05, 0) is 32.5 Å². The predicted octanol–water partition coefficient (Wildman–Crippen LogP) is 1.90. The number of nitrogens with two attached hydrogens (primary N) is 1. The van der Waals surface area contributed by atoms with Crippen LogP contribution in [0.15, 0.2) is 18.2 Å². The Labute approximate surface area is 114 Å². The summed E-state index contributed by atoms with van der Waals surface area (Å²) in [5.74, 6) is 1.02. The van der Waals surface area contributed by atoms with Gasteiger partial charge >= 0.3 is 0 Å². The summed E-state index contributed by atoms with van der Waals surface area (Å²) in [5.41, 5.74) is 8.25. The molecular formula is C14H20N2OS. The minimum absolute atomic E-state index is 0.106. The van der Waals surface area contributed by atoms with Crippen LogP contribution >= 0.6 is 12.2 Å². The van der Waals surface area contributed by atoms with E-state index in [1.54, 1.807) is 0 Å². The summed E-state index contributed by atoms with van der Waals surface area (Å²) in [5, 5.41) is 0. The van der Waals surface area contributed by atoms with Crippen LogP contribution in [0.25, 0.3) is 0 Å². The van der Waals surface area contributed by atoms with Crippen molar-refractivity contribution in [2.24, 2.45) is 5.73 Å². The Bertz CT molecular complexity index is 461. The largest absolute Gasteiger partial charge is 0.488 e. The molecule has 1 aromatic carbocycles. The lowest BCUT2D eigenvalue weighted by atomic mass is 10.1. The fraction of sp³-hybridized carbons (Fsp3) is 0.500. The van der Waals surface area contributed by atoms with Crippen LogP contribution in [0, 0.1) is 6.92 Å². The van der Waals surface area contributed by atoms with Gasteiger partial charge in [-0.15, -0.1) is 0 Å². The summed E-state index contributed by atoms with van der Waals surface area (Å²) in [7, 11) is 2.03. The van der Waals surface area contributed by atoms with Gasteiger partial charge in [0.1, 0.15) is 11.9 Å². The van der Waals surface area contributed by atoms with E-state index in [1.165, 1.54) is 11.1 Å². The van der Waals surface area contributed by atoms with Crippen molar-refractivity contribution in [2.75, 3.05) is 13.6 Å². The summed E-state index contributed by atoms with van der Waals surface area (Å²) in [6.45, 7) is 4.97. The standard InChI is InChI=1S/C14H20N2OS/c1-9-4-5-13-11(6-9)7-12(17-13)8-16(3)10(2)14(15)18/h4-6,10,12H,7-8H2,1-3H3,(H2,15,18). The van der Waals surface area contributed by atoms with Crippen molar-refractivity contribution in [3.8, 4) is 5.75 Å². The van der Waals surface area contributed by atoms with E-state index in [9.17, 15) is 0 Å². The van der Waals surface area contributed by atoms with Crippen LogP contribution in [0.2, 0.25) is 0 Å². The minimum atomic E-state index is 0.106. The van der Waals surface area contributed by atoms with Gasteiger partial charge in [0.15, 0.2) is 0 Å². The van der Waals surface area contributed by atoms with E-state index in [0.717, 1.165) is 18.7 Å². The van der Waals surface area contributed by atoms with Crippen molar-refractivity contribution < 1.29 is 4.74 Å². The zero-order chi connectivity index (χ0) is 13.3. The molecule has 4 heteroatoms. The molecule has 2 rings (SSSR count). The molecule has 0 radical (unpaired) electrons.